The fourth-order valence-corrected chi connectivity index (χ4v) is 2.85. The van der Waals surface area contributed by atoms with Crippen LogP contribution in [0.2, 0.25) is 0 Å². The summed E-state index contributed by atoms with van der Waals surface area (Å²) in [6.07, 6.45) is 6.29. The Bertz CT molecular complexity index is 386. The van der Waals surface area contributed by atoms with Gasteiger partial charge in [0.2, 0.25) is 0 Å². The van der Waals surface area contributed by atoms with E-state index in [1.807, 2.05) is 17.8 Å². The van der Waals surface area contributed by atoms with Gasteiger partial charge in [0.05, 0.1) is 12.3 Å². The molecular weight excluding hydrogens is 238 g/mol. The molecule has 2 heterocycles. The third-order valence-corrected chi connectivity index (χ3v) is 3.87. The van der Waals surface area contributed by atoms with Crippen LogP contribution in [0.5, 0.6) is 0 Å². The van der Waals surface area contributed by atoms with Gasteiger partial charge in [0.1, 0.15) is 0 Å². The van der Waals surface area contributed by atoms with Crippen LogP contribution in [0.3, 0.4) is 0 Å². The van der Waals surface area contributed by atoms with Gasteiger partial charge in [-0.15, -0.1) is 0 Å². The Labute approximate surface area is 116 Å². The Morgan fingerprint density at radius 1 is 1.42 bits per heavy atom. The van der Waals surface area contributed by atoms with E-state index in [0.717, 1.165) is 32.6 Å². The molecule has 19 heavy (non-hydrogen) atoms. The summed E-state index contributed by atoms with van der Waals surface area (Å²) >= 11 is 0. The van der Waals surface area contributed by atoms with E-state index >= 15 is 0 Å². The minimum Gasteiger partial charge on any atom is -0.393 e. The van der Waals surface area contributed by atoms with Crippen LogP contribution in [-0.2, 0) is 13.1 Å². The fourth-order valence-electron chi connectivity index (χ4n) is 2.85. The molecular formula is C15H27N3O. The van der Waals surface area contributed by atoms with Crippen LogP contribution >= 0.6 is 0 Å². The Hall–Kier alpha value is -0.870. The molecule has 0 aromatic carbocycles. The molecule has 0 amide bonds. The molecule has 1 fully saturated rings. The van der Waals surface area contributed by atoms with E-state index in [1.54, 1.807) is 0 Å². The van der Waals surface area contributed by atoms with Gasteiger partial charge in [-0.2, -0.15) is 5.10 Å². The van der Waals surface area contributed by atoms with Crippen molar-refractivity contribution in [3.63, 3.8) is 0 Å². The summed E-state index contributed by atoms with van der Waals surface area (Å²) in [4.78, 5) is 2.44. The molecule has 0 bridgehead atoms. The van der Waals surface area contributed by atoms with Gasteiger partial charge in [-0.05, 0) is 38.1 Å². The largest absolute Gasteiger partial charge is 0.393 e. The standard InChI is InChI=1S/C15H27N3O/c1-12(2)8-18-10-14(7-16-18)9-17-6-4-5-15(11-17)13(3)19/h7,10,12-13,15,19H,4-6,8-9,11H2,1-3H3/t13-,15-/m0/s1. The van der Waals surface area contributed by atoms with Crippen molar-refractivity contribution in [1.82, 2.24) is 14.7 Å². The molecule has 108 valence electrons. The fraction of sp³-hybridized carbons (Fsp3) is 0.800. The highest BCUT2D eigenvalue weighted by molar-refractivity contribution is 5.04. The second kappa shape index (κ2) is 6.53. The molecule has 0 spiro atoms. The van der Waals surface area contributed by atoms with Crippen molar-refractivity contribution in [1.29, 1.82) is 0 Å². The number of rotatable bonds is 5. The van der Waals surface area contributed by atoms with E-state index in [4.69, 9.17) is 0 Å². The first-order valence-corrected chi connectivity index (χ1v) is 7.46. The van der Waals surface area contributed by atoms with E-state index in [1.165, 1.54) is 12.0 Å². The van der Waals surface area contributed by atoms with Gasteiger partial charge >= 0.3 is 0 Å². The molecule has 0 radical (unpaired) electrons. The third kappa shape index (κ3) is 4.32. The van der Waals surface area contributed by atoms with Crippen LogP contribution in [0.1, 0.15) is 39.2 Å². The maximum Gasteiger partial charge on any atom is 0.0552 e. The number of aliphatic hydroxyl groups is 1. The Balaban J connectivity index is 1.88. The molecule has 2 atom stereocenters. The second-order valence-electron chi connectivity index (χ2n) is 6.34. The Morgan fingerprint density at radius 2 is 2.21 bits per heavy atom. The predicted octanol–water partition coefficient (Wildman–Crippen LogP) is 2.13. The quantitative estimate of drug-likeness (QED) is 0.887. The van der Waals surface area contributed by atoms with Crippen LogP contribution in [-0.4, -0.2) is 39.0 Å². The highest BCUT2D eigenvalue weighted by Gasteiger charge is 2.23. The van der Waals surface area contributed by atoms with Gasteiger partial charge < -0.3 is 5.11 Å². The van der Waals surface area contributed by atoms with Gasteiger partial charge in [-0.25, -0.2) is 0 Å². The third-order valence-electron chi connectivity index (χ3n) is 3.87. The van der Waals surface area contributed by atoms with Gasteiger partial charge in [-0.3, -0.25) is 9.58 Å². The molecule has 0 saturated carbocycles. The predicted molar refractivity (Wildman–Crippen MR) is 76.7 cm³/mol. The second-order valence-corrected chi connectivity index (χ2v) is 6.34. The Morgan fingerprint density at radius 3 is 2.89 bits per heavy atom. The van der Waals surface area contributed by atoms with E-state index < -0.39 is 0 Å². The first-order valence-electron chi connectivity index (χ1n) is 7.46. The molecule has 1 saturated heterocycles. The molecule has 1 N–H and O–H groups in total. The minimum atomic E-state index is -0.188. The molecule has 4 nitrogen and oxygen atoms in total. The topological polar surface area (TPSA) is 41.3 Å². The molecule has 0 aliphatic carbocycles. The summed E-state index contributed by atoms with van der Waals surface area (Å²) in [5.41, 5.74) is 1.28. The summed E-state index contributed by atoms with van der Waals surface area (Å²) < 4.78 is 2.04. The SMILES string of the molecule is CC(C)Cn1cc(CN2CCC[C@H]([C@H](C)O)C2)cn1. The number of piperidine rings is 1. The van der Waals surface area contributed by atoms with Crippen LogP contribution in [0.4, 0.5) is 0 Å². The maximum absolute atomic E-state index is 9.72. The van der Waals surface area contributed by atoms with Crippen molar-refractivity contribution in [2.45, 2.75) is 52.8 Å². The molecule has 2 rings (SSSR count). The van der Waals surface area contributed by atoms with Crippen LogP contribution in [0.25, 0.3) is 0 Å². The zero-order valence-electron chi connectivity index (χ0n) is 12.4. The molecule has 1 aromatic rings. The number of hydrogen-bond acceptors (Lipinski definition) is 3. The summed E-state index contributed by atoms with van der Waals surface area (Å²) in [5.74, 6) is 1.06. The van der Waals surface area contributed by atoms with Crippen molar-refractivity contribution in [2.24, 2.45) is 11.8 Å². The zero-order valence-corrected chi connectivity index (χ0v) is 12.4. The summed E-state index contributed by atoms with van der Waals surface area (Å²) in [6.45, 7) is 10.4. The Kier molecular flexibility index (Phi) is 4.99. The van der Waals surface area contributed by atoms with Crippen molar-refractivity contribution < 1.29 is 5.11 Å². The van der Waals surface area contributed by atoms with Gasteiger partial charge in [-0.1, -0.05) is 13.8 Å². The van der Waals surface area contributed by atoms with Crippen LogP contribution in [0.15, 0.2) is 12.4 Å². The molecule has 4 heteroatoms. The van der Waals surface area contributed by atoms with Gasteiger partial charge in [0.15, 0.2) is 0 Å². The maximum atomic E-state index is 9.72. The first kappa shape index (κ1) is 14.5. The van der Waals surface area contributed by atoms with Crippen molar-refractivity contribution in [3.8, 4) is 0 Å². The summed E-state index contributed by atoms with van der Waals surface area (Å²) in [6, 6.07) is 0. The lowest BCUT2D eigenvalue weighted by atomic mass is 9.93. The van der Waals surface area contributed by atoms with Crippen molar-refractivity contribution in [3.05, 3.63) is 18.0 Å². The van der Waals surface area contributed by atoms with Crippen LogP contribution in [0, 0.1) is 11.8 Å². The lowest BCUT2D eigenvalue weighted by Gasteiger charge is -2.33. The number of likely N-dealkylation sites (tertiary alicyclic amines) is 1. The van der Waals surface area contributed by atoms with E-state index in [2.05, 4.69) is 30.0 Å². The summed E-state index contributed by atoms with van der Waals surface area (Å²) in [5, 5.41) is 14.1. The summed E-state index contributed by atoms with van der Waals surface area (Å²) in [7, 11) is 0. The number of aliphatic hydroxyl groups excluding tert-OH is 1. The van der Waals surface area contributed by atoms with Crippen LogP contribution < -0.4 is 0 Å². The zero-order chi connectivity index (χ0) is 13.8. The average Bonchev–Trinajstić information content (AvgIpc) is 2.76. The smallest absolute Gasteiger partial charge is 0.0552 e. The van der Waals surface area contributed by atoms with Gasteiger partial charge in [0, 0.05) is 31.4 Å². The molecule has 1 aromatic heterocycles. The molecule has 1 aliphatic rings. The highest BCUT2D eigenvalue weighted by Crippen LogP contribution is 2.21. The monoisotopic (exact) mass is 265 g/mol. The molecule has 1 aliphatic heterocycles. The first-order chi connectivity index (χ1) is 9.04. The van der Waals surface area contributed by atoms with E-state index in [0.29, 0.717) is 11.8 Å². The molecule has 0 unspecified atom stereocenters. The van der Waals surface area contributed by atoms with E-state index in [-0.39, 0.29) is 6.10 Å². The normalized spacial score (nSPS) is 22.9. The van der Waals surface area contributed by atoms with Crippen molar-refractivity contribution in [2.75, 3.05) is 13.1 Å². The number of aromatic nitrogens is 2. The van der Waals surface area contributed by atoms with E-state index in [9.17, 15) is 5.11 Å². The van der Waals surface area contributed by atoms with Gasteiger partial charge in [0.25, 0.3) is 0 Å². The lowest BCUT2D eigenvalue weighted by Crippen LogP contribution is -2.38. The number of nitrogens with zero attached hydrogens (tertiary/aromatic N) is 3. The number of hydrogen-bond donors (Lipinski definition) is 1. The highest BCUT2D eigenvalue weighted by atomic mass is 16.3. The lowest BCUT2D eigenvalue weighted by molar-refractivity contribution is 0.0599. The average molecular weight is 265 g/mol. The van der Waals surface area contributed by atoms with Crippen molar-refractivity contribution >= 4 is 0 Å². The minimum absolute atomic E-state index is 0.188.